The van der Waals surface area contributed by atoms with Crippen molar-refractivity contribution >= 4 is 0 Å². The number of hydrogen-bond donors (Lipinski definition) is 1. The van der Waals surface area contributed by atoms with Crippen LogP contribution in [0.25, 0.3) is 0 Å². The van der Waals surface area contributed by atoms with Crippen molar-refractivity contribution < 1.29 is 0 Å². The van der Waals surface area contributed by atoms with Crippen LogP contribution in [0.4, 0.5) is 0 Å². The predicted molar refractivity (Wildman–Crippen MR) is 73.4 cm³/mol. The van der Waals surface area contributed by atoms with Crippen molar-refractivity contribution in [1.29, 1.82) is 0 Å². The lowest BCUT2D eigenvalue weighted by Crippen LogP contribution is -2.45. The van der Waals surface area contributed by atoms with Gasteiger partial charge in [0.2, 0.25) is 0 Å². The largest absolute Gasteiger partial charge is 0.313 e. The van der Waals surface area contributed by atoms with Gasteiger partial charge in [-0.25, -0.2) is 0 Å². The SMILES string of the molecule is CC(C)NCC(C)N1CCCN2CCCC2C1. The fraction of sp³-hybridized carbons (Fsp3) is 1.00. The summed E-state index contributed by atoms with van der Waals surface area (Å²) in [6, 6.07) is 2.13. The molecule has 0 aromatic heterocycles. The Hall–Kier alpha value is -0.120. The molecule has 0 bridgehead atoms. The lowest BCUT2D eigenvalue weighted by Gasteiger charge is -2.31. The first kappa shape index (κ1) is 13.3. The van der Waals surface area contributed by atoms with E-state index in [2.05, 4.69) is 35.9 Å². The Balaban J connectivity index is 1.83. The van der Waals surface area contributed by atoms with Gasteiger partial charge in [-0.1, -0.05) is 13.8 Å². The van der Waals surface area contributed by atoms with Crippen LogP contribution in [0.2, 0.25) is 0 Å². The molecule has 0 aromatic rings. The van der Waals surface area contributed by atoms with Crippen molar-refractivity contribution in [3.63, 3.8) is 0 Å². The quantitative estimate of drug-likeness (QED) is 0.803. The average molecular weight is 239 g/mol. The molecule has 17 heavy (non-hydrogen) atoms. The van der Waals surface area contributed by atoms with Crippen molar-refractivity contribution in [1.82, 2.24) is 15.1 Å². The topological polar surface area (TPSA) is 18.5 Å². The molecular formula is C14H29N3. The lowest BCUT2D eigenvalue weighted by molar-refractivity contribution is 0.177. The van der Waals surface area contributed by atoms with Crippen LogP contribution >= 0.6 is 0 Å². The Morgan fingerprint density at radius 2 is 1.88 bits per heavy atom. The van der Waals surface area contributed by atoms with Crippen LogP contribution in [0.15, 0.2) is 0 Å². The van der Waals surface area contributed by atoms with Crippen LogP contribution < -0.4 is 5.32 Å². The first-order valence-electron chi connectivity index (χ1n) is 7.38. The molecule has 2 unspecified atom stereocenters. The molecule has 0 aromatic carbocycles. The molecule has 2 atom stereocenters. The smallest absolute Gasteiger partial charge is 0.0223 e. The van der Waals surface area contributed by atoms with Gasteiger partial charge in [-0.2, -0.15) is 0 Å². The van der Waals surface area contributed by atoms with Crippen LogP contribution in [-0.4, -0.2) is 60.6 Å². The summed E-state index contributed by atoms with van der Waals surface area (Å²) in [6.45, 7) is 13.2. The lowest BCUT2D eigenvalue weighted by atomic mass is 10.2. The van der Waals surface area contributed by atoms with Crippen LogP contribution in [0, 0.1) is 0 Å². The Bertz CT molecular complexity index is 230. The van der Waals surface area contributed by atoms with Gasteiger partial charge < -0.3 is 5.32 Å². The second kappa shape index (κ2) is 6.17. The van der Waals surface area contributed by atoms with E-state index in [0.717, 1.165) is 12.6 Å². The third-order valence-electron chi connectivity index (χ3n) is 4.28. The first-order chi connectivity index (χ1) is 8.16. The zero-order valence-electron chi connectivity index (χ0n) is 11.8. The fourth-order valence-corrected chi connectivity index (χ4v) is 3.17. The van der Waals surface area contributed by atoms with Crippen LogP contribution in [0.1, 0.15) is 40.0 Å². The molecule has 2 aliphatic rings. The van der Waals surface area contributed by atoms with Gasteiger partial charge in [0.1, 0.15) is 0 Å². The zero-order chi connectivity index (χ0) is 12.3. The Kier molecular flexibility index (Phi) is 4.83. The summed E-state index contributed by atoms with van der Waals surface area (Å²) in [5, 5.41) is 3.57. The second-order valence-electron chi connectivity index (χ2n) is 6.09. The molecule has 0 aliphatic carbocycles. The summed E-state index contributed by atoms with van der Waals surface area (Å²) in [6.07, 6.45) is 4.18. The average Bonchev–Trinajstić information content (AvgIpc) is 2.63. The molecule has 100 valence electrons. The molecule has 0 saturated carbocycles. The summed E-state index contributed by atoms with van der Waals surface area (Å²) in [5.74, 6) is 0. The molecule has 2 saturated heterocycles. The van der Waals surface area contributed by atoms with Gasteiger partial charge in [-0.15, -0.1) is 0 Å². The second-order valence-corrected chi connectivity index (χ2v) is 6.09. The molecule has 1 N–H and O–H groups in total. The first-order valence-corrected chi connectivity index (χ1v) is 7.38. The minimum atomic E-state index is 0.604. The minimum Gasteiger partial charge on any atom is -0.313 e. The van der Waals surface area contributed by atoms with E-state index in [1.165, 1.54) is 45.4 Å². The number of hydrogen-bond acceptors (Lipinski definition) is 3. The van der Waals surface area contributed by atoms with E-state index in [9.17, 15) is 0 Å². The van der Waals surface area contributed by atoms with Crippen molar-refractivity contribution in [2.45, 2.75) is 58.2 Å². The van der Waals surface area contributed by atoms with Crippen LogP contribution in [0.3, 0.4) is 0 Å². The van der Waals surface area contributed by atoms with Gasteiger partial charge in [0.05, 0.1) is 0 Å². The molecule has 0 spiro atoms. The number of fused-ring (bicyclic) bond motifs is 1. The Morgan fingerprint density at radius 1 is 1.12 bits per heavy atom. The number of rotatable bonds is 4. The minimum absolute atomic E-state index is 0.604. The van der Waals surface area contributed by atoms with Crippen LogP contribution in [0.5, 0.6) is 0 Å². The highest BCUT2D eigenvalue weighted by Crippen LogP contribution is 2.22. The van der Waals surface area contributed by atoms with Gasteiger partial charge >= 0.3 is 0 Å². The van der Waals surface area contributed by atoms with E-state index < -0.39 is 0 Å². The molecular weight excluding hydrogens is 210 g/mol. The maximum atomic E-state index is 3.57. The van der Waals surface area contributed by atoms with Gasteiger partial charge in [-0.3, -0.25) is 9.80 Å². The van der Waals surface area contributed by atoms with Crippen molar-refractivity contribution in [2.75, 3.05) is 32.7 Å². The monoisotopic (exact) mass is 239 g/mol. The van der Waals surface area contributed by atoms with E-state index in [-0.39, 0.29) is 0 Å². The molecule has 2 rings (SSSR count). The molecule has 2 aliphatic heterocycles. The summed E-state index contributed by atoms with van der Waals surface area (Å²) < 4.78 is 0. The summed E-state index contributed by atoms with van der Waals surface area (Å²) >= 11 is 0. The van der Waals surface area contributed by atoms with Crippen molar-refractivity contribution in [2.24, 2.45) is 0 Å². The number of nitrogens with zero attached hydrogens (tertiary/aromatic N) is 2. The predicted octanol–water partition coefficient (Wildman–Crippen LogP) is 1.54. The van der Waals surface area contributed by atoms with Gasteiger partial charge in [0.25, 0.3) is 0 Å². The third-order valence-corrected chi connectivity index (χ3v) is 4.28. The Morgan fingerprint density at radius 3 is 2.65 bits per heavy atom. The van der Waals surface area contributed by atoms with Crippen molar-refractivity contribution in [3.8, 4) is 0 Å². The summed E-state index contributed by atoms with van der Waals surface area (Å²) in [4.78, 5) is 5.41. The molecule has 3 heteroatoms. The van der Waals surface area contributed by atoms with Gasteiger partial charge in [0, 0.05) is 31.2 Å². The normalized spacial score (nSPS) is 29.3. The molecule has 3 nitrogen and oxygen atoms in total. The molecule has 2 heterocycles. The highest BCUT2D eigenvalue weighted by Gasteiger charge is 2.30. The molecule has 0 amide bonds. The van der Waals surface area contributed by atoms with E-state index in [1.54, 1.807) is 0 Å². The van der Waals surface area contributed by atoms with E-state index in [1.807, 2.05) is 0 Å². The maximum absolute atomic E-state index is 3.57. The number of nitrogens with one attached hydrogen (secondary N) is 1. The molecule has 2 fully saturated rings. The van der Waals surface area contributed by atoms with Crippen molar-refractivity contribution in [3.05, 3.63) is 0 Å². The summed E-state index contributed by atoms with van der Waals surface area (Å²) in [7, 11) is 0. The van der Waals surface area contributed by atoms with Gasteiger partial charge in [-0.05, 0) is 45.8 Å². The van der Waals surface area contributed by atoms with Gasteiger partial charge in [0.15, 0.2) is 0 Å². The third kappa shape index (κ3) is 3.67. The maximum Gasteiger partial charge on any atom is 0.0223 e. The van der Waals surface area contributed by atoms with E-state index in [4.69, 9.17) is 0 Å². The van der Waals surface area contributed by atoms with Crippen LogP contribution in [-0.2, 0) is 0 Å². The van der Waals surface area contributed by atoms with E-state index in [0.29, 0.717) is 12.1 Å². The highest BCUT2D eigenvalue weighted by atomic mass is 15.3. The zero-order valence-corrected chi connectivity index (χ0v) is 11.8. The standard InChI is InChI=1S/C14H29N3/c1-12(2)15-10-13(3)17-9-5-8-16-7-4-6-14(16)11-17/h12-15H,4-11H2,1-3H3. The molecule has 0 radical (unpaired) electrons. The highest BCUT2D eigenvalue weighted by molar-refractivity contribution is 4.87. The fourth-order valence-electron chi connectivity index (χ4n) is 3.17. The Labute approximate surface area is 107 Å². The summed E-state index contributed by atoms with van der Waals surface area (Å²) in [5.41, 5.74) is 0. The van der Waals surface area contributed by atoms with E-state index >= 15 is 0 Å².